The molecule has 2 rings (SSSR count). The molecule has 1 aromatic carbocycles. The normalized spacial score (nSPS) is 10.2. The number of benzene rings is 1. The van der Waals surface area contributed by atoms with Gasteiger partial charge in [0.15, 0.2) is 5.95 Å². The Morgan fingerprint density at radius 1 is 1.23 bits per heavy atom. The molecule has 2 aromatic rings. The van der Waals surface area contributed by atoms with Crippen molar-refractivity contribution in [3.05, 3.63) is 46.4 Å². The second-order valence-corrected chi connectivity index (χ2v) is 4.60. The fourth-order valence-corrected chi connectivity index (χ4v) is 1.81. The summed E-state index contributed by atoms with van der Waals surface area (Å²) in [4.78, 5) is 28.4. The van der Waals surface area contributed by atoms with E-state index >= 15 is 0 Å². The van der Waals surface area contributed by atoms with E-state index in [9.17, 15) is 9.59 Å². The molecule has 0 atom stereocenters. The Labute approximate surface area is 126 Å². The molecule has 0 amide bonds. The number of carbonyl (C=O) groups is 1. The lowest BCUT2D eigenvalue weighted by Crippen LogP contribution is -2.18. The molecule has 116 valence electrons. The molecule has 0 radical (unpaired) electrons. The lowest BCUT2D eigenvalue weighted by atomic mass is 10.2. The van der Waals surface area contributed by atoms with Crippen molar-refractivity contribution in [2.45, 2.75) is 6.42 Å². The molecular formula is C14H17N5O3. The number of aromatic carboxylic acids is 1. The maximum absolute atomic E-state index is 11.5. The molecule has 0 aliphatic carbocycles. The van der Waals surface area contributed by atoms with Crippen molar-refractivity contribution in [1.82, 2.24) is 9.97 Å². The van der Waals surface area contributed by atoms with Crippen LogP contribution in [0.25, 0.3) is 0 Å². The van der Waals surface area contributed by atoms with E-state index in [1.165, 1.54) is 6.20 Å². The number of hydrogen-bond donors (Lipinski definition) is 5. The number of H-pyrrole nitrogens is 1. The van der Waals surface area contributed by atoms with Crippen LogP contribution < -0.4 is 21.9 Å². The van der Waals surface area contributed by atoms with Gasteiger partial charge in [0, 0.05) is 18.8 Å². The summed E-state index contributed by atoms with van der Waals surface area (Å²) in [6.07, 6.45) is 2.16. The lowest BCUT2D eigenvalue weighted by molar-refractivity contribution is 0.0697. The Morgan fingerprint density at radius 2 is 1.91 bits per heavy atom. The van der Waals surface area contributed by atoms with Crippen molar-refractivity contribution in [2.75, 3.05) is 29.5 Å². The van der Waals surface area contributed by atoms with E-state index in [2.05, 4.69) is 20.6 Å². The molecular weight excluding hydrogens is 286 g/mol. The number of nitrogens with one attached hydrogen (secondary N) is 3. The van der Waals surface area contributed by atoms with E-state index in [-0.39, 0.29) is 17.1 Å². The quantitative estimate of drug-likeness (QED) is 0.481. The maximum Gasteiger partial charge on any atom is 0.335 e. The van der Waals surface area contributed by atoms with E-state index in [0.717, 1.165) is 12.1 Å². The lowest BCUT2D eigenvalue weighted by Gasteiger charge is -2.08. The number of carboxylic acid groups (broad SMARTS) is 1. The van der Waals surface area contributed by atoms with E-state index in [1.807, 2.05) is 0 Å². The second kappa shape index (κ2) is 7.11. The minimum Gasteiger partial charge on any atom is -0.478 e. The molecule has 6 N–H and O–H groups in total. The highest BCUT2D eigenvalue weighted by Crippen LogP contribution is 2.09. The number of hydrogen-bond acceptors (Lipinski definition) is 6. The van der Waals surface area contributed by atoms with Gasteiger partial charge in [-0.1, -0.05) is 0 Å². The third kappa shape index (κ3) is 4.23. The van der Waals surface area contributed by atoms with Crippen LogP contribution in [0.15, 0.2) is 35.3 Å². The zero-order chi connectivity index (χ0) is 15.9. The van der Waals surface area contributed by atoms with E-state index in [4.69, 9.17) is 10.8 Å². The van der Waals surface area contributed by atoms with E-state index < -0.39 is 5.97 Å². The first-order chi connectivity index (χ1) is 10.6. The van der Waals surface area contributed by atoms with Crippen molar-refractivity contribution in [2.24, 2.45) is 0 Å². The molecule has 0 bridgehead atoms. The van der Waals surface area contributed by atoms with Gasteiger partial charge in [-0.2, -0.15) is 0 Å². The maximum atomic E-state index is 11.5. The SMILES string of the molecule is Nc1ncc(NCCCNc2ccc(C(=O)O)cc2)c(=O)[nH]1. The number of nitrogen functional groups attached to an aromatic ring is 1. The van der Waals surface area contributed by atoms with Gasteiger partial charge in [-0.05, 0) is 30.7 Å². The fraction of sp³-hybridized carbons (Fsp3) is 0.214. The van der Waals surface area contributed by atoms with Crippen LogP contribution in [0.3, 0.4) is 0 Å². The van der Waals surface area contributed by atoms with Gasteiger partial charge < -0.3 is 21.5 Å². The number of nitrogens with two attached hydrogens (primary N) is 1. The van der Waals surface area contributed by atoms with Crippen LogP contribution in [0.5, 0.6) is 0 Å². The van der Waals surface area contributed by atoms with Gasteiger partial charge in [0.1, 0.15) is 5.69 Å². The summed E-state index contributed by atoms with van der Waals surface area (Å²) in [5, 5.41) is 14.9. The summed E-state index contributed by atoms with van der Waals surface area (Å²) in [5.74, 6) is -0.861. The first kappa shape index (κ1) is 15.4. The monoisotopic (exact) mass is 303 g/mol. The average molecular weight is 303 g/mol. The number of nitrogens with zero attached hydrogens (tertiary/aromatic N) is 1. The number of anilines is 3. The van der Waals surface area contributed by atoms with Crippen molar-refractivity contribution in [3.63, 3.8) is 0 Å². The Morgan fingerprint density at radius 3 is 2.55 bits per heavy atom. The molecule has 0 unspecified atom stereocenters. The minimum absolute atomic E-state index is 0.0852. The summed E-state index contributed by atoms with van der Waals surface area (Å²) in [5.41, 5.74) is 6.53. The van der Waals surface area contributed by atoms with Gasteiger partial charge in [0.25, 0.3) is 5.56 Å². The molecule has 0 saturated carbocycles. The van der Waals surface area contributed by atoms with E-state index in [1.54, 1.807) is 24.3 Å². The molecule has 0 aliphatic rings. The summed E-state index contributed by atoms with van der Waals surface area (Å²) in [6, 6.07) is 6.52. The molecule has 8 heteroatoms. The molecule has 1 heterocycles. The highest BCUT2D eigenvalue weighted by Gasteiger charge is 2.02. The number of rotatable bonds is 7. The summed E-state index contributed by atoms with van der Waals surface area (Å²) >= 11 is 0. The van der Waals surface area contributed by atoms with Crippen LogP contribution in [-0.2, 0) is 0 Å². The van der Waals surface area contributed by atoms with Crippen LogP contribution in [0.1, 0.15) is 16.8 Å². The van der Waals surface area contributed by atoms with E-state index in [0.29, 0.717) is 18.8 Å². The average Bonchev–Trinajstić information content (AvgIpc) is 2.49. The summed E-state index contributed by atoms with van der Waals surface area (Å²) in [6.45, 7) is 1.27. The van der Waals surface area contributed by atoms with Crippen LogP contribution in [-0.4, -0.2) is 34.1 Å². The predicted molar refractivity (Wildman–Crippen MR) is 84.3 cm³/mol. The topological polar surface area (TPSA) is 133 Å². The van der Waals surface area contributed by atoms with Crippen molar-refractivity contribution in [3.8, 4) is 0 Å². The van der Waals surface area contributed by atoms with Gasteiger partial charge in [-0.25, -0.2) is 9.78 Å². The largest absolute Gasteiger partial charge is 0.478 e. The summed E-state index contributed by atoms with van der Waals surface area (Å²) in [7, 11) is 0. The summed E-state index contributed by atoms with van der Waals surface area (Å²) < 4.78 is 0. The highest BCUT2D eigenvalue weighted by molar-refractivity contribution is 5.87. The van der Waals surface area contributed by atoms with Crippen molar-refractivity contribution in [1.29, 1.82) is 0 Å². The Kier molecular flexibility index (Phi) is 4.97. The third-order valence-corrected chi connectivity index (χ3v) is 2.95. The highest BCUT2D eigenvalue weighted by atomic mass is 16.4. The van der Waals surface area contributed by atoms with Gasteiger partial charge in [-0.15, -0.1) is 0 Å². The van der Waals surface area contributed by atoms with Crippen molar-refractivity contribution >= 4 is 23.3 Å². The smallest absolute Gasteiger partial charge is 0.335 e. The van der Waals surface area contributed by atoms with Crippen LogP contribution >= 0.6 is 0 Å². The minimum atomic E-state index is -0.946. The number of aromatic nitrogens is 2. The van der Waals surface area contributed by atoms with Crippen LogP contribution in [0.2, 0.25) is 0 Å². The Hall–Kier alpha value is -3.03. The molecule has 0 aliphatic heterocycles. The van der Waals surface area contributed by atoms with Crippen LogP contribution in [0, 0.1) is 0 Å². The Balaban J connectivity index is 1.73. The zero-order valence-corrected chi connectivity index (χ0v) is 11.8. The second-order valence-electron chi connectivity index (χ2n) is 4.60. The first-order valence-electron chi connectivity index (χ1n) is 6.72. The molecule has 1 aromatic heterocycles. The van der Waals surface area contributed by atoms with Gasteiger partial charge >= 0.3 is 5.97 Å². The Bertz CT molecular complexity index is 696. The predicted octanol–water partition coefficient (Wildman–Crippen LogP) is 0.964. The molecule has 22 heavy (non-hydrogen) atoms. The number of carboxylic acids is 1. The molecule has 8 nitrogen and oxygen atoms in total. The fourth-order valence-electron chi connectivity index (χ4n) is 1.81. The molecule has 0 saturated heterocycles. The standard InChI is InChI=1S/C14H17N5O3/c15-14-18-8-11(12(20)19-14)17-7-1-6-16-10-4-2-9(3-5-10)13(21)22/h2-5,8,16-17H,1,6-7H2,(H,21,22)(H3,15,18,19,20). The molecule has 0 spiro atoms. The third-order valence-electron chi connectivity index (χ3n) is 2.95. The van der Waals surface area contributed by atoms with Gasteiger partial charge in [0.2, 0.25) is 0 Å². The first-order valence-corrected chi connectivity index (χ1v) is 6.72. The van der Waals surface area contributed by atoms with Gasteiger partial charge in [0.05, 0.1) is 11.8 Å². The zero-order valence-electron chi connectivity index (χ0n) is 11.8. The van der Waals surface area contributed by atoms with Gasteiger partial charge in [-0.3, -0.25) is 9.78 Å². The van der Waals surface area contributed by atoms with Crippen LogP contribution in [0.4, 0.5) is 17.3 Å². The molecule has 0 fully saturated rings. The van der Waals surface area contributed by atoms with Crippen molar-refractivity contribution < 1.29 is 9.90 Å². The number of aromatic amines is 1.